The van der Waals surface area contributed by atoms with E-state index in [1.54, 1.807) is 6.08 Å². The van der Waals surface area contributed by atoms with Crippen molar-refractivity contribution in [3.8, 4) is 0 Å². The number of ether oxygens (including phenoxy) is 2. The van der Waals surface area contributed by atoms with Gasteiger partial charge in [-0.25, -0.2) is 9.59 Å². The highest BCUT2D eigenvalue weighted by Crippen LogP contribution is 2.63. The van der Waals surface area contributed by atoms with E-state index >= 15 is 0 Å². The highest BCUT2D eigenvalue weighted by atomic mass is 16.6. The average Bonchev–Trinajstić information content (AvgIpc) is 2.91. The molecule has 29 heavy (non-hydrogen) atoms. The van der Waals surface area contributed by atoms with Gasteiger partial charge in [-0.05, 0) is 36.5 Å². The van der Waals surface area contributed by atoms with Crippen LogP contribution in [0.4, 0.5) is 0 Å². The first kappa shape index (κ1) is 21.8. The molecule has 1 saturated heterocycles. The largest absolute Gasteiger partial charge is 0.460 e. The van der Waals surface area contributed by atoms with E-state index in [4.69, 9.17) is 9.47 Å². The van der Waals surface area contributed by atoms with Gasteiger partial charge in [0.2, 0.25) is 5.91 Å². The maximum Gasteiger partial charge on any atom is 0.336 e. The van der Waals surface area contributed by atoms with Crippen LogP contribution < -0.4 is 5.32 Å². The van der Waals surface area contributed by atoms with Crippen LogP contribution >= 0.6 is 0 Å². The average molecular weight is 408 g/mol. The molecule has 1 saturated carbocycles. The molecule has 162 valence electrons. The highest BCUT2D eigenvalue weighted by Gasteiger charge is 2.69. The van der Waals surface area contributed by atoms with Gasteiger partial charge >= 0.3 is 11.9 Å². The fourth-order valence-corrected chi connectivity index (χ4v) is 5.67. The minimum Gasteiger partial charge on any atom is -0.460 e. The van der Waals surface area contributed by atoms with Crippen molar-refractivity contribution in [1.82, 2.24) is 5.32 Å². The van der Waals surface area contributed by atoms with Crippen LogP contribution in [0.1, 0.15) is 60.8 Å². The topological polar surface area (TPSA) is 102 Å². The summed E-state index contributed by atoms with van der Waals surface area (Å²) < 4.78 is 11.2. The smallest absolute Gasteiger partial charge is 0.336 e. The summed E-state index contributed by atoms with van der Waals surface area (Å²) in [6, 6.07) is -0.765. The quantitative estimate of drug-likeness (QED) is 0.692. The van der Waals surface area contributed by atoms with Crippen molar-refractivity contribution in [3.63, 3.8) is 0 Å². The van der Waals surface area contributed by atoms with Crippen molar-refractivity contribution in [2.75, 3.05) is 6.61 Å². The number of hydrogen-bond acceptors (Lipinski definition) is 6. The summed E-state index contributed by atoms with van der Waals surface area (Å²) in [7, 11) is 0. The Balaban J connectivity index is 1.97. The minimum atomic E-state index is -1.50. The number of aliphatic hydroxyl groups is 1. The maximum atomic E-state index is 13.0. The standard InChI is InChI=1S/C22H33NO6/c1-12(2)17(23-13(3)24)19(26)29-16-9-10-20(4,5)15-8-7-14-18(25)28-11-22(14,27)21(15,16)6/h7,12,15-17,27H,8-11H2,1-6H3,(H,23,24)/t15-,16-,17?,21+,22?/m0/s1. The Morgan fingerprint density at radius 3 is 2.55 bits per heavy atom. The highest BCUT2D eigenvalue weighted by molar-refractivity contribution is 5.94. The molecule has 7 heteroatoms. The van der Waals surface area contributed by atoms with Gasteiger partial charge in [0.1, 0.15) is 24.4 Å². The van der Waals surface area contributed by atoms with Crippen molar-refractivity contribution in [2.45, 2.75) is 78.6 Å². The number of carbonyl (C=O) groups is 3. The minimum absolute atomic E-state index is 0.00284. The second-order valence-corrected chi connectivity index (χ2v) is 10.0. The first-order chi connectivity index (χ1) is 13.3. The molecule has 0 aromatic carbocycles. The van der Waals surface area contributed by atoms with E-state index in [1.807, 2.05) is 20.8 Å². The zero-order chi connectivity index (χ0) is 21.8. The number of fused-ring (bicyclic) bond motifs is 3. The van der Waals surface area contributed by atoms with Crippen LogP contribution in [0.5, 0.6) is 0 Å². The SMILES string of the molecule is CC(=O)NC(C(=O)O[C@H]1CCC(C)(C)[C@@H]2CC=C3C(=O)OCC3(O)[C@@]12C)C(C)C. The number of allylic oxidation sites excluding steroid dienone is 1. The van der Waals surface area contributed by atoms with Gasteiger partial charge < -0.3 is 19.9 Å². The Kier molecular flexibility index (Phi) is 5.35. The van der Waals surface area contributed by atoms with E-state index < -0.39 is 35.1 Å². The Morgan fingerprint density at radius 1 is 1.31 bits per heavy atom. The number of esters is 2. The van der Waals surface area contributed by atoms with E-state index in [2.05, 4.69) is 19.2 Å². The van der Waals surface area contributed by atoms with Crippen molar-refractivity contribution in [3.05, 3.63) is 11.6 Å². The molecule has 2 N–H and O–H groups in total. The fourth-order valence-electron chi connectivity index (χ4n) is 5.67. The summed E-state index contributed by atoms with van der Waals surface area (Å²) in [5, 5.41) is 14.3. The van der Waals surface area contributed by atoms with Crippen LogP contribution in [0.2, 0.25) is 0 Å². The predicted molar refractivity (Wildman–Crippen MR) is 106 cm³/mol. The molecule has 1 heterocycles. The Hall–Kier alpha value is -1.89. The summed E-state index contributed by atoms with van der Waals surface area (Å²) in [6.07, 6.45) is 3.21. The lowest BCUT2D eigenvalue weighted by molar-refractivity contribution is -0.217. The summed E-state index contributed by atoms with van der Waals surface area (Å²) in [6.45, 7) is 11.1. The van der Waals surface area contributed by atoms with Gasteiger partial charge in [-0.1, -0.05) is 40.7 Å². The van der Waals surface area contributed by atoms with Gasteiger partial charge in [-0.3, -0.25) is 4.79 Å². The van der Waals surface area contributed by atoms with Crippen molar-refractivity contribution < 1.29 is 29.0 Å². The third-order valence-electron chi connectivity index (χ3n) is 7.45. The summed E-state index contributed by atoms with van der Waals surface area (Å²) in [4.78, 5) is 36.8. The lowest BCUT2D eigenvalue weighted by atomic mass is 9.46. The van der Waals surface area contributed by atoms with Crippen molar-refractivity contribution in [1.29, 1.82) is 0 Å². The molecule has 3 rings (SSSR count). The Labute approximate surface area is 172 Å². The van der Waals surface area contributed by atoms with Crippen molar-refractivity contribution in [2.24, 2.45) is 22.7 Å². The summed E-state index contributed by atoms with van der Waals surface area (Å²) in [5.74, 6) is -1.45. The number of carbonyl (C=O) groups excluding carboxylic acids is 3. The van der Waals surface area contributed by atoms with Gasteiger partial charge in [0.25, 0.3) is 0 Å². The number of cyclic esters (lactones) is 1. The molecule has 0 aromatic rings. The van der Waals surface area contributed by atoms with Crippen LogP contribution in [0.3, 0.4) is 0 Å². The van der Waals surface area contributed by atoms with Crippen LogP contribution in [0, 0.1) is 22.7 Å². The third kappa shape index (κ3) is 3.27. The monoisotopic (exact) mass is 407 g/mol. The third-order valence-corrected chi connectivity index (χ3v) is 7.45. The van der Waals surface area contributed by atoms with E-state index in [1.165, 1.54) is 6.92 Å². The van der Waals surface area contributed by atoms with Gasteiger partial charge in [0, 0.05) is 12.3 Å². The molecule has 7 nitrogen and oxygen atoms in total. The molecule has 0 aromatic heterocycles. The van der Waals surface area contributed by atoms with Crippen LogP contribution in [-0.2, 0) is 23.9 Å². The Morgan fingerprint density at radius 2 is 1.97 bits per heavy atom. The van der Waals surface area contributed by atoms with Gasteiger partial charge in [-0.15, -0.1) is 0 Å². The summed E-state index contributed by atoms with van der Waals surface area (Å²) >= 11 is 0. The molecule has 3 aliphatic rings. The molecule has 0 bridgehead atoms. The zero-order valence-corrected chi connectivity index (χ0v) is 18.2. The summed E-state index contributed by atoms with van der Waals surface area (Å²) in [5.41, 5.74) is -2.21. The molecular formula is C22H33NO6. The molecular weight excluding hydrogens is 374 g/mol. The van der Waals surface area contributed by atoms with E-state index in [0.717, 1.165) is 6.42 Å². The van der Waals surface area contributed by atoms with E-state index in [-0.39, 0.29) is 35.3 Å². The van der Waals surface area contributed by atoms with Crippen LogP contribution in [-0.4, -0.2) is 47.3 Å². The molecule has 2 aliphatic carbocycles. The lowest BCUT2D eigenvalue weighted by Gasteiger charge is -2.60. The number of hydrogen-bond donors (Lipinski definition) is 2. The molecule has 1 amide bonds. The number of nitrogens with one attached hydrogen (secondary N) is 1. The molecule has 5 atom stereocenters. The lowest BCUT2D eigenvalue weighted by Crippen LogP contribution is -2.66. The maximum absolute atomic E-state index is 13.0. The van der Waals surface area contributed by atoms with E-state index in [9.17, 15) is 19.5 Å². The molecule has 0 radical (unpaired) electrons. The number of rotatable bonds is 4. The molecule has 1 aliphatic heterocycles. The first-order valence-corrected chi connectivity index (χ1v) is 10.4. The second kappa shape index (κ2) is 7.11. The Bertz CT molecular complexity index is 756. The first-order valence-electron chi connectivity index (χ1n) is 10.4. The van der Waals surface area contributed by atoms with Gasteiger partial charge in [-0.2, -0.15) is 0 Å². The fraction of sp³-hybridized carbons (Fsp3) is 0.773. The van der Waals surface area contributed by atoms with Gasteiger partial charge in [0.05, 0.1) is 5.57 Å². The molecule has 2 unspecified atom stereocenters. The predicted octanol–water partition coefficient (Wildman–Crippen LogP) is 2.12. The second-order valence-electron chi connectivity index (χ2n) is 10.0. The molecule has 2 fully saturated rings. The van der Waals surface area contributed by atoms with E-state index in [0.29, 0.717) is 12.8 Å². The van der Waals surface area contributed by atoms with Crippen molar-refractivity contribution >= 4 is 17.8 Å². The normalized spacial score (nSPS) is 36.4. The van der Waals surface area contributed by atoms with Crippen LogP contribution in [0.25, 0.3) is 0 Å². The number of amides is 1. The van der Waals surface area contributed by atoms with Crippen LogP contribution in [0.15, 0.2) is 11.6 Å². The molecule has 0 spiro atoms. The zero-order valence-electron chi connectivity index (χ0n) is 18.2. The van der Waals surface area contributed by atoms with Gasteiger partial charge in [0.15, 0.2) is 0 Å².